The fourth-order valence-electron chi connectivity index (χ4n) is 1.83. The first-order valence-electron chi connectivity index (χ1n) is 5.57. The fourth-order valence-corrected chi connectivity index (χ4v) is 1.83. The molecule has 90 valence electrons. The molecule has 0 atom stereocenters. The number of halogens is 1. The Kier molecular flexibility index (Phi) is 2.44. The maximum absolute atomic E-state index is 12.8. The highest BCUT2D eigenvalue weighted by atomic mass is 19.1. The van der Waals surface area contributed by atoms with Crippen LogP contribution in [0, 0.1) is 5.82 Å². The fraction of sp³-hybridized carbons (Fsp3) is 0.0769. The van der Waals surface area contributed by atoms with Crippen LogP contribution in [-0.4, -0.2) is 14.6 Å². The van der Waals surface area contributed by atoms with Gasteiger partial charge in [0.05, 0.1) is 0 Å². The van der Waals surface area contributed by atoms with Crippen molar-refractivity contribution in [1.29, 1.82) is 0 Å². The molecule has 0 fully saturated rings. The van der Waals surface area contributed by atoms with E-state index in [0.717, 1.165) is 5.56 Å². The Morgan fingerprint density at radius 1 is 1.11 bits per heavy atom. The lowest BCUT2D eigenvalue weighted by Crippen LogP contribution is -1.98. The number of benzene rings is 1. The monoisotopic (exact) mass is 242 g/mol. The Labute approximate surface area is 103 Å². The third-order valence-corrected chi connectivity index (χ3v) is 2.71. The molecule has 0 unspecified atom stereocenters. The van der Waals surface area contributed by atoms with Crippen molar-refractivity contribution < 1.29 is 4.39 Å². The van der Waals surface area contributed by atoms with Gasteiger partial charge in [0.15, 0.2) is 11.5 Å². The lowest BCUT2D eigenvalue weighted by molar-refractivity contribution is 0.627. The van der Waals surface area contributed by atoms with Gasteiger partial charge in [-0.3, -0.25) is 0 Å². The highest BCUT2D eigenvalue weighted by Crippen LogP contribution is 2.11. The minimum Gasteiger partial charge on any atom is -0.384 e. The van der Waals surface area contributed by atoms with Gasteiger partial charge in [0.2, 0.25) is 0 Å². The number of hydrogen-bond donors (Lipinski definition) is 1. The molecule has 0 bridgehead atoms. The van der Waals surface area contributed by atoms with Crippen LogP contribution >= 0.6 is 0 Å². The van der Waals surface area contributed by atoms with Gasteiger partial charge < -0.3 is 5.73 Å². The van der Waals surface area contributed by atoms with Crippen molar-refractivity contribution >= 4 is 11.5 Å². The van der Waals surface area contributed by atoms with E-state index in [4.69, 9.17) is 5.73 Å². The molecular formula is C13H11FN4. The van der Waals surface area contributed by atoms with E-state index in [9.17, 15) is 4.39 Å². The number of rotatable bonds is 2. The first-order valence-corrected chi connectivity index (χ1v) is 5.57. The van der Waals surface area contributed by atoms with Crippen LogP contribution in [0.15, 0.2) is 42.5 Å². The molecule has 2 aromatic heterocycles. The van der Waals surface area contributed by atoms with Gasteiger partial charge in [0.25, 0.3) is 0 Å². The number of anilines is 1. The van der Waals surface area contributed by atoms with Crippen LogP contribution in [0.2, 0.25) is 0 Å². The number of fused-ring (bicyclic) bond motifs is 1. The number of aromatic nitrogens is 3. The van der Waals surface area contributed by atoms with Crippen molar-refractivity contribution in [2.24, 2.45) is 0 Å². The van der Waals surface area contributed by atoms with Gasteiger partial charge in [-0.15, -0.1) is 5.10 Å². The molecule has 4 nitrogen and oxygen atoms in total. The largest absolute Gasteiger partial charge is 0.384 e. The smallest absolute Gasteiger partial charge is 0.157 e. The van der Waals surface area contributed by atoms with Crippen LogP contribution in [-0.2, 0) is 6.42 Å². The van der Waals surface area contributed by atoms with Gasteiger partial charge in [-0.1, -0.05) is 18.2 Å². The maximum atomic E-state index is 12.8. The number of nitrogens with zero attached hydrogens (tertiary/aromatic N) is 3. The third kappa shape index (κ3) is 1.90. The predicted molar refractivity (Wildman–Crippen MR) is 66.6 cm³/mol. The van der Waals surface area contributed by atoms with Gasteiger partial charge in [0, 0.05) is 6.42 Å². The van der Waals surface area contributed by atoms with Crippen LogP contribution in [0.5, 0.6) is 0 Å². The zero-order valence-corrected chi connectivity index (χ0v) is 9.55. The van der Waals surface area contributed by atoms with Crippen LogP contribution in [0.1, 0.15) is 11.4 Å². The number of hydrogen-bond acceptors (Lipinski definition) is 3. The molecule has 1 aromatic carbocycles. The van der Waals surface area contributed by atoms with Crippen molar-refractivity contribution in [2.45, 2.75) is 6.42 Å². The van der Waals surface area contributed by atoms with Gasteiger partial charge in [0.1, 0.15) is 11.6 Å². The molecule has 0 spiro atoms. The average molecular weight is 242 g/mol. The van der Waals surface area contributed by atoms with Gasteiger partial charge in [-0.2, -0.15) is 4.52 Å². The van der Waals surface area contributed by atoms with E-state index >= 15 is 0 Å². The normalized spacial score (nSPS) is 10.9. The molecule has 0 saturated carbocycles. The Balaban J connectivity index is 1.95. The van der Waals surface area contributed by atoms with Crippen LogP contribution in [0.25, 0.3) is 5.65 Å². The van der Waals surface area contributed by atoms with E-state index in [0.29, 0.717) is 23.7 Å². The van der Waals surface area contributed by atoms with Gasteiger partial charge in [-0.05, 0) is 29.8 Å². The predicted octanol–water partition coefficient (Wildman–Crippen LogP) is 2.04. The molecule has 0 amide bonds. The zero-order chi connectivity index (χ0) is 12.5. The minimum absolute atomic E-state index is 0.244. The Bertz CT molecular complexity index is 688. The standard InChI is InChI=1S/C13H11FN4/c14-10-6-4-9(5-7-10)8-12-16-13-3-1-2-11(15)18(13)17-12/h1-7H,8,15H2. The van der Waals surface area contributed by atoms with Crippen LogP contribution in [0.4, 0.5) is 10.2 Å². The molecule has 0 saturated heterocycles. The summed E-state index contributed by atoms with van der Waals surface area (Å²) in [7, 11) is 0. The summed E-state index contributed by atoms with van der Waals surface area (Å²) in [4.78, 5) is 4.37. The SMILES string of the molecule is Nc1cccc2nc(Cc3ccc(F)cc3)nn12. The average Bonchev–Trinajstić information content (AvgIpc) is 2.76. The van der Waals surface area contributed by atoms with Crippen LogP contribution < -0.4 is 5.73 Å². The molecule has 0 radical (unpaired) electrons. The summed E-state index contributed by atoms with van der Waals surface area (Å²) < 4.78 is 14.4. The molecule has 3 aromatic rings. The topological polar surface area (TPSA) is 56.2 Å². The number of pyridine rings is 1. The molecule has 2 heterocycles. The summed E-state index contributed by atoms with van der Waals surface area (Å²) in [6.45, 7) is 0. The summed E-state index contributed by atoms with van der Waals surface area (Å²) in [5.74, 6) is 0.968. The maximum Gasteiger partial charge on any atom is 0.157 e. The van der Waals surface area contributed by atoms with Crippen molar-refractivity contribution in [3.63, 3.8) is 0 Å². The second kappa shape index (κ2) is 4.10. The summed E-state index contributed by atoms with van der Waals surface area (Å²) in [6.07, 6.45) is 0.557. The molecule has 5 heteroatoms. The molecule has 18 heavy (non-hydrogen) atoms. The molecular weight excluding hydrogens is 231 g/mol. The summed E-state index contributed by atoms with van der Waals surface area (Å²) in [5.41, 5.74) is 7.47. The van der Waals surface area contributed by atoms with E-state index in [1.54, 1.807) is 22.7 Å². The Morgan fingerprint density at radius 2 is 1.89 bits per heavy atom. The molecule has 0 aliphatic rings. The van der Waals surface area contributed by atoms with Crippen LogP contribution in [0.3, 0.4) is 0 Å². The lowest BCUT2D eigenvalue weighted by atomic mass is 10.1. The second-order valence-corrected chi connectivity index (χ2v) is 4.05. The van der Waals surface area contributed by atoms with Gasteiger partial charge in [-0.25, -0.2) is 9.37 Å². The Hall–Kier alpha value is -2.43. The van der Waals surface area contributed by atoms with E-state index in [1.165, 1.54) is 12.1 Å². The summed E-state index contributed by atoms with van der Waals surface area (Å²) in [5, 5.41) is 4.32. The zero-order valence-electron chi connectivity index (χ0n) is 9.55. The highest BCUT2D eigenvalue weighted by molar-refractivity contribution is 5.46. The first kappa shape index (κ1) is 10.7. The summed E-state index contributed by atoms with van der Waals surface area (Å²) in [6, 6.07) is 11.8. The third-order valence-electron chi connectivity index (χ3n) is 2.71. The van der Waals surface area contributed by atoms with Crippen molar-refractivity contribution in [1.82, 2.24) is 14.6 Å². The first-order chi connectivity index (χ1) is 8.72. The molecule has 3 rings (SSSR count). The lowest BCUT2D eigenvalue weighted by Gasteiger charge is -1.96. The molecule has 0 aliphatic carbocycles. The van der Waals surface area contributed by atoms with Crippen molar-refractivity contribution in [3.8, 4) is 0 Å². The quantitative estimate of drug-likeness (QED) is 0.748. The van der Waals surface area contributed by atoms with E-state index < -0.39 is 0 Å². The Morgan fingerprint density at radius 3 is 2.61 bits per heavy atom. The highest BCUT2D eigenvalue weighted by Gasteiger charge is 2.06. The number of nitrogen functional groups attached to an aromatic ring is 1. The van der Waals surface area contributed by atoms with Crippen molar-refractivity contribution in [3.05, 3.63) is 59.7 Å². The molecule has 2 N–H and O–H groups in total. The second-order valence-electron chi connectivity index (χ2n) is 4.05. The summed E-state index contributed by atoms with van der Waals surface area (Å²) >= 11 is 0. The van der Waals surface area contributed by atoms with E-state index in [1.807, 2.05) is 12.1 Å². The van der Waals surface area contributed by atoms with E-state index in [2.05, 4.69) is 10.1 Å². The van der Waals surface area contributed by atoms with E-state index in [-0.39, 0.29) is 5.82 Å². The number of nitrogens with two attached hydrogens (primary N) is 1. The van der Waals surface area contributed by atoms with Crippen molar-refractivity contribution in [2.75, 3.05) is 5.73 Å². The minimum atomic E-state index is -0.244. The van der Waals surface area contributed by atoms with Gasteiger partial charge >= 0.3 is 0 Å². The molecule has 0 aliphatic heterocycles.